The summed E-state index contributed by atoms with van der Waals surface area (Å²) in [5.41, 5.74) is 4.62. The molecule has 135 heavy (non-hydrogen) atoms. The van der Waals surface area contributed by atoms with Crippen LogP contribution < -0.4 is 32.1 Å². The third kappa shape index (κ3) is 22.6. The highest BCUT2D eigenvalue weighted by Gasteiger charge is 2.31. The second-order valence-electron chi connectivity index (χ2n) is 27.2. The molecule has 0 saturated heterocycles. The molecule has 0 fully saturated rings. The van der Waals surface area contributed by atoms with Crippen molar-refractivity contribution in [2.45, 2.75) is 6.92 Å². The number of amides is 5. The Labute approximate surface area is 784 Å². The molecule has 0 radical (unpaired) electrons. The third-order valence-corrected chi connectivity index (χ3v) is 23.9. The maximum Gasteiger partial charge on any atom is 0.293 e. The van der Waals surface area contributed by atoms with Crippen molar-refractivity contribution in [1.29, 1.82) is 0 Å². The smallest absolute Gasteiger partial charge is 0.293 e. The number of benzene rings is 2. The summed E-state index contributed by atoms with van der Waals surface area (Å²) < 4.78 is 32.0. The number of anilines is 5. The lowest BCUT2D eigenvalue weighted by Gasteiger charge is -2.00. The normalized spacial score (nSPS) is 10.6. The summed E-state index contributed by atoms with van der Waals surface area (Å²) in [7, 11) is 0. The number of hydrogen-bond acceptors (Lipinski definition) is 35. The summed E-state index contributed by atoms with van der Waals surface area (Å²) in [6.45, 7) is 1.73. The number of ketones is 5. The van der Waals surface area contributed by atoms with Gasteiger partial charge in [0.2, 0.25) is 34.5 Å². The number of pyridine rings is 5. The van der Waals surface area contributed by atoms with Crippen LogP contribution in [-0.4, -0.2) is 123 Å². The van der Waals surface area contributed by atoms with Crippen LogP contribution in [0.2, 0.25) is 0 Å². The molecule has 0 saturated carbocycles. The Bertz CT molecular complexity index is 7530. The number of aryl methyl sites for hydroxylation is 1. The fourth-order valence-corrected chi connectivity index (χ4v) is 17.2. The predicted molar refractivity (Wildman–Crippen MR) is 500 cm³/mol. The Morgan fingerprint density at radius 3 is 0.978 bits per heavy atom. The first kappa shape index (κ1) is 90.6. The first-order valence-electron chi connectivity index (χ1n) is 39.6. The summed E-state index contributed by atoms with van der Waals surface area (Å²) in [5.74, 6) is -0.308. The standard InChI is InChI=1S/C20H13N3O4S.C20H13N3O3S.C19H13N5O3S.C18H11N3O4S.C17H10N4O3S2/c24-15-9-8-13(11-21-15)19(26)23-20-22-16(14-7-4-10-27-14)18(28-20)17(25)12-5-2-1-3-6-12;24-17(13-5-2-1-3-6-13)18-16(15-7-4-12-26-15)22-20(27-18)23-19(25)14-8-10-21-11-9-14;1-11-21-9-12(10-22-11)18(26)24-19-23-15(14-6-4-8-27-14)17(28-19)16(25)13-5-2-3-7-20-13;22-15(11-5-1-2-8-19-11)16-14(12-6-3-9-24-12)20-18(26-16)21-17(23)13-7-4-10-25-13;22-13(16-19-7-9-25-16)14-12(11-2-1-8-24-11)20-17(26-14)21-15(23)10-3-5-18-6-4-10/h1-11H,(H,21,24)(H,22,23,26);1-12H,(H,22,23,25);2-10H,1H3,(H,23,24,26);1-10H,(H,20,21,23);1-9H,(H,20,21,23). The van der Waals surface area contributed by atoms with Crippen molar-refractivity contribution >= 4 is 152 Å². The van der Waals surface area contributed by atoms with Crippen LogP contribution in [0.4, 0.5) is 25.7 Å². The molecule has 0 aliphatic carbocycles. The number of carbonyl (C=O) groups is 10. The second kappa shape index (κ2) is 43.1. The zero-order valence-electron chi connectivity index (χ0n) is 69.2. The summed E-state index contributed by atoms with van der Waals surface area (Å²) in [6.07, 6.45) is 23.9. The molecule has 41 heteroatoms. The number of aromatic amines is 1. The maximum absolute atomic E-state index is 12.9. The van der Waals surface area contributed by atoms with E-state index in [1.54, 1.807) is 207 Å². The van der Waals surface area contributed by atoms with Crippen molar-refractivity contribution in [2.75, 3.05) is 26.6 Å². The Morgan fingerprint density at radius 2 is 0.644 bits per heavy atom. The lowest BCUT2D eigenvalue weighted by molar-refractivity contribution is 0.0991. The van der Waals surface area contributed by atoms with Crippen LogP contribution in [0.25, 0.3) is 57.3 Å². The van der Waals surface area contributed by atoms with Gasteiger partial charge in [-0.2, -0.15) is 0 Å². The highest BCUT2D eigenvalue weighted by Crippen LogP contribution is 2.40. The molecule has 664 valence electrons. The lowest BCUT2D eigenvalue weighted by Crippen LogP contribution is -2.14. The number of carbonyl (C=O) groups excluding carboxylic acids is 10. The van der Waals surface area contributed by atoms with E-state index in [9.17, 15) is 52.7 Å². The van der Waals surface area contributed by atoms with Gasteiger partial charge in [0.15, 0.2) is 65.2 Å². The zero-order chi connectivity index (χ0) is 93.5. The van der Waals surface area contributed by atoms with Gasteiger partial charge < -0.3 is 31.5 Å². The minimum Gasteiger partial charge on any atom is -0.463 e. The van der Waals surface area contributed by atoms with E-state index >= 15 is 0 Å². The van der Waals surface area contributed by atoms with Crippen molar-refractivity contribution in [3.05, 3.63) is 407 Å². The van der Waals surface area contributed by atoms with Crippen molar-refractivity contribution in [2.24, 2.45) is 0 Å². The van der Waals surface area contributed by atoms with E-state index in [0.29, 0.717) is 125 Å². The molecule has 0 spiro atoms. The fraction of sp³-hybridized carbons (Fsp3) is 0.0106. The van der Waals surface area contributed by atoms with Gasteiger partial charge in [0.05, 0.1) is 48.7 Å². The summed E-state index contributed by atoms with van der Waals surface area (Å²) >= 11 is 6.61. The van der Waals surface area contributed by atoms with E-state index in [0.717, 1.165) is 56.7 Å². The molecule has 35 nitrogen and oxygen atoms in total. The van der Waals surface area contributed by atoms with E-state index < -0.39 is 17.7 Å². The molecule has 0 unspecified atom stereocenters. The number of aromatic nitrogens is 13. The van der Waals surface area contributed by atoms with Crippen molar-refractivity contribution in [3.63, 3.8) is 0 Å². The molecule has 18 heterocycles. The summed E-state index contributed by atoms with van der Waals surface area (Å²) in [4.78, 5) is 191. The van der Waals surface area contributed by atoms with Crippen molar-refractivity contribution in [3.8, 4) is 57.3 Å². The first-order chi connectivity index (χ1) is 65.9. The molecule has 6 N–H and O–H groups in total. The molecule has 0 bridgehead atoms. The topological polar surface area (TPSA) is 497 Å². The highest BCUT2D eigenvalue weighted by molar-refractivity contribution is 7.20. The van der Waals surface area contributed by atoms with Gasteiger partial charge in [0.25, 0.3) is 29.5 Å². The molecule has 0 aliphatic heterocycles. The minimum absolute atomic E-state index is 0.150. The lowest BCUT2D eigenvalue weighted by atomic mass is 10.1. The van der Waals surface area contributed by atoms with Crippen LogP contribution in [0, 0.1) is 6.92 Å². The molecule has 0 aliphatic rings. The van der Waals surface area contributed by atoms with Gasteiger partial charge in [-0.1, -0.05) is 129 Å². The molecule has 20 rings (SSSR count). The van der Waals surface area contributed by atoms with Gasteiger partial charge in [-0.05, 0) is 134 Å². The van der Waals surface area contributed by atoms with Gasteiger partial charge in [-0.25, -0.2) is 39.9 Å². The van der Waals surface area contributed by atoms with Crippen molar-refractivity contribution < 1.29 is 74.4 Å². The Morgan fingerprint density at radius 1 is 0.296 bits per heavy atom. The van der Waals surface area contributed by atoms with Crippen LogP contribution >= 0.6 is 68.0 Å². The van der Waals surface area contributed by atoms with E-state index in [2.05, 4.69) is 91.4 Å². The Balaban J connectivity index is 0.000000123. The van der Waals surface area contributed by atoms with E-state index in [-0.39, 0.29) is 90.0 Å². The SMILES string of the molecule is Cc1ncc(C(=O)Nc2nc(-c3ccco3)c(C(=O)c3ccccn3)s2)cn1.O=C(Nc1nc(-c2ccco2)c(C(=O)c2ccccc2)s1)c1ccc(=O)[nH]c1.O=C(Nc1nc(-c2ccco2)c(C(=O)c2ccccc2)s1)c1ccncc1.O=C(Nc1nc(-c2ccco2)c(C(=O)c2ccccn2)s1)c1ccco1.O=C(Nc1nc(-c2ccco2)c(C(=O)c2nccs2)s1)c1ccncc1. The minimum atomic E-state index is -0.452. The molecular weight excluding hydrogens is 1850 g/mol. The Hall–Kier alpha value is -17.8. The van der Waals surface area contributed by atoms with Crippen LogP contribution in [0.15, 0.2) is 342 Å². The molecule has 20 aromatic rings. The quantitative estimate of drug-likeness (QED) is 0.0289. The molecule has 0 atom stereocenters. The first-order valence-corrected chi connectivity index (χ1v) is 44.5. The van der Waals surface area contributed by atoms with E-state index in [1.165, 1.54) is 110 Å². The average Bonchev–Trinajstić information content (AvgIpc) is 1.68. The number of H-pyrrole nitrogens is 1. The number of hydrogen-bond donors (Lipinski definition) is 6. The summed E-state index contributed by atoms with van der Waals surface area (Å²) in [6, 6.07) is 57.2. The predicted octanol–water partition coefficient (Wildman–Crippen LogP) is 18.8. The summed E-state index contributed by atoms with van der Waals surface area (Å²) in [5, 5.41) is 16.9. The number of furan rings is 6. The van der Waals surface area contributed by atoms with Crippen LogP contribution in [-0.2, 0) is 0 Å². The maximum atomic E-state index is 12.9. The highest BCUT2D eigenvalue weighted by atomic mass is 32.1. The molecule has 2 aromatic carbocycles. The van der Waals surface area contributed by atoms with Gasteiger partial charge in [0.1, 0.15) is 70.1 Å². The van der Waals surface area contributed by atoms with Gasteiger partial charge in [0, 0.05) is 95.7 Å². The van der Waals surface area contributed by atoms with E-state index in [1.807, 2.05) is 12.1 Å². The third-order valence-electron chi connectivity index (χ3n) is 18.3. The van der Waals surface area contributed by atoms with E-state index in [4.69, 9.17) is 26.5 Å². The number of thiazole rings is 6. The molecular formula is C94H60N18O17S6. The van der Waals surface area contributed by atoms with Gasteiger partial charge in [-0.3, -0.25) is 99.3 Å². The van der Waals surface area contributed by atoms with Crippen LogP contribution in [0.5, 0.6) is 0 Å². The number of nitrogens with zero attached hydrogens (tertiary/aromatic N) is 12. The zero-order valence-corrected chi connectivity index (χ0v) is 74.1. The van der Waals surface area contributed by atoms with Crippen molar-refractivity contribution in [1.82, 2.24) is 64.8 Å². The fourth-order valence-electron chi connectivity index (χ4n) is 12.0. The largest absolute Gasteiger partial charge is 0.463 e. The average molecular weight is 1910 g/mol. The monoisotopic (exact) mass is 1900 g/mol. The number of nitrogens with one attached hydrogen (secondary N) is 6. The van der Waals surface area contributed by atoms with Gasteiger partial charge in [-0.15, -0.1) is 11.3 Å². The van der Waals surface area contributed by atoms with Crippen LogP contribution in [0.1, 0.15) is 134 Å². The Kier molecular flexibility index (Phi) is 28.9. The number of rotatable bonds is 25. The molecule has 5 amide bonds. The molecule has 18 aromatic heterocycles. The second-order valence-corrected chi connectivity index (χ2v) is 33.1. The van der Waals surface area contributed by atoms with Gasteiger partial charge >= 0.3 is 0 Å². The van der Waals surface area contributed by atoms with Crippen LogP contribution in [0.3, 0.4) is 0 Å².